The first-order valence-corrected chi connectivity index (χ1v) is 9.60. The maximum atomic E-state index is 6.26. The van der Waals surface area contributed by atoms with E-state index in [0.717, 1.165) is 42.7 Å². The monoisotopic (exact) mass is 399 g/mol. The third kappa shape index (κ3) is 3.64. The van der Waals surface area contributed by atoms with Crippen LogP contribution in [-0.4, -0.2) is 43.4 Å². The molecule has 7 heteroatoms. The van der Waals surface area contributed by atoms with Crippen molar-refractivity contribution in [1.82, 2.24) is 9.97 Å². The number of methoxy groups -OCH3 is 2. The molecule has 0 amide bonds. The van der Waals surface area contributed by atoms with Crippen molar-refractivity contribution in [3.8, 4) is 17.2 Å². The fourth-order valence-corrected chi connectivity index (χ4v) is 3.72. The summed E-state index contributed by atoms with van der Waals surface area (Å²) in [6.07, 6.45) is 3.43. The maximum Gasteiger partial charge on any atom is 0.203 e. The standard InChI is InChI=1S/C21H22ClN3O3/c1-26-18-4-3-5-19(27-2)20(18)28-15-8-10-25(11-9-15)21-16-7-6-14(22)12-17(16)23-13-24-21/h3-7,12-13,15H,8-11H2,1-2H3. The number of hydrogen-bond donors (Lipinski definition) is 0. The van der Waals surface area contributed by atoms with Crippen LogP contribution in [0.25, 0.3) is 10.9 Å². The molecule has 2 aromatic carbocycles. The summed E-state index contributed by atoms with van der Waals surface area (Å²) >= 11 is 6.09. The minimum Gasteiger partial charge on any atom is -0.493 e. The summed E-state index contributed by atoms with van der Waals surface area (Å²) in [7, 11) is 3.27. The van der Waals surface area contributed by atoms with Crippen LogP contribution in [0.1, 0.15) is 12.8 Å². The molecule has 0 radical (unpaired) electrons. The number of anilines is 1. The van der Waals surface area contributed by atoms with Gasteiger partial charge in [0, 0.05) is 36.3 Å². The van der Waals surface area contributed by atoms with Crippen LogP contribution in [0, 0.1) is 0 Å². The Bertz CT molecular complexity index is 952. The van der Waals surface area contributed by atoms with Crippen LogP contribution in [0.3, 0.4) is 0 Å². The molecule has 1 aliphatic rings. The second-order valence-corrected chi connectivity index (χ2v) is 7.09. The van der Waals surface area contributed by atoms with Gasteiger partial charge in [0.1, 0.15) is 18.2 Å². The fraction of sp³-hybridized carbons (Fsp3) is 0.333. The Morgan fingerprint density at radius 3 is 2.39 bits per heavy atom. The van der Waals surface area contributed by atoms with Crippen molar-refractivity contribution >= 4 is 28.3 Å². The summed E-state index contributed by atoms with van der Waals surface area (Å²) in [5.74, 6) is 2.96. The lowest BCUT2D eigenvalue weighted by molar-refractivity contribution is 0.158. The van der Waals surface area contributed by atoms with Gasteiger partial charge in [-0.05, 0) is 30.3 Å². The smallest absolute Gasteiger partial charge is 0.203 e. The molecule has 3 aromatic rings. The number of halogens is 1. The number of ether oxygens (including phenoxy) is 3. The van der Waals surface area contributed by atoms with Crippen molar-refractivity contribution in [2.75, 3.05) is 32.2 Å². The molecule has 1 fully saturated rings. The number of hydrogen-bond acceptors (Lipinski definition) is 6. The first-order valence-electron chi connectivity index (χ1n) is 9.22. The predicted molar refractivity (Wildman–Crippen MR) is 110 cm³/mol. The van der Waals surface area contributed by atoms with E-state index >= 15 is 0 Å². The molecule has 146 valence electrons. The SMILES string of the molecule is COc1cccc(OC)c1OC1CCN(c2ncnc3cc(Cl)ccc23)CC1. The van der Waals surface area contributed by atoms with Crippen LogP contribution < -0.4 is 19.1 Å². The quantitative estimate of drug-likeness (QED) is 0.635. The molecular weight excluding hydrogens is 378 g/mol. The van der Waals surface area contributed by atoms with Gasteiger partial charge in [-0.3, -0.25) is 0 Å². The number of aromatic nitrogens is 2. The predicted octanol–water partition coefficient (Wildman–Crippen LogP) is 4.35. The second kappa shape index (κ2) is 8.10. The third-order valence-corrected chi connectivity index (χ3v) is 5.22. The van der Waals surface area contributed by atoms with Gasteiger partial charge >= 0.3 is 0 Å². The molecule has 1 saturated heterocycles. The molecule has 4 rings (SSSR count). The van der Waals surface area contributed by atoms with Gasteiger partial charge in [-0.25, -0.2) is 9.97 Å². The van der Waals surface area contributed by atoms with Crippen LogP contribution in [0.2, 0.25) is 5.02 Å². The lowest BCUT2D eigenvalue weighted by Gasteiger charge is -2.33. The van der Waals surface area contributed by atoms with Crippen molar-refractivity contribution in [2.45, 2.75) is 18.9 Å². The van der Waals surface area contributed by atoms with Crippen LogP contribution in [-0.2, 0) is 0 Å². The van der Waals surface area contributed by atoms with E-state index in [1.54, 1.807) is 20.5 Å². The molecule has 0 bridgehead atoms. The lowest BCUT2D eigenvalue weighted by Crippen LogP contribution is -2.38. The third-order valence-electron chi connectivity index (χ3n) is 4.99. The van der Waals surface area contributed by atoms with Gasteiger partial charge < -0.3 is 19.1 Å². The number of piperidine rings is 1. The molecule has 0 unspecified atom stereocenters. The summed E-state index contributed by atoms with van der Waals surface area (Å²) in [4.78, 5) is 11.1. The molecule has 1 aromatic heterocycles. The van der Waals surface area contributed by atoms with E-state index in [1.807, 2.05) is 36.4 Å². The summed E-state index contributed by atoms with van der Waals surface area (Å²) in [5.41, 5.74) is 0.856. The van der Waals surface area contributed by atoms with Crippen molar-refractivity contribution in [3.63, 3.8) is 0 Å². The van der Waals surface area contributed by atoms with E-state index < -0.39 is 0 Å². The molecule has 6 nitrogen and oxygen atoms in total. The van der Waals surface area contributed by atoms with Crippen molar-refractivity contribution in [2.24, 2.45) is 0 Å². The van der Waals surface area contributed by atoms with Gasteiger partial charge in [-0.1, -0.05) is 17.7 Å². The lowest BCUT2D eigenvalue weighted by atomic mass is 10.1. The second-order valence-electron chi connectivity index (χ2n) is 6.65. The molecule has 0 aliphatic carbocycles. The van der Waals surface area contributed by atoms with E-state index in [4.69, 9.17) is 25.8 Å². The molecule has 28 heavy (non-hydrogen) atoms. The van der Waals surface area contributed by atoms with Gasteiger partial charge in [0.15, 0.2) is 11.5 Å². The molecule has 2 heterocycles. The fourth-order valence-electron chi connectivity index (χ4n) is 3.55. The zero-order valence-electron chi connectivity index (χ0n) is 15.9. The van der Waals surface area contributed by atoms with Gasteiger partial charge in [-0.15, -0.1) is 0 Å². The highest BCUT2D eigenvalue weighted by Crippen LogP contribution is 2.38. The number of benzene rings is 2. The molecular formula is C21H22ClN3O3. The number of rotatable bonds is 5. The van der Waals surface area contributed by atoms with Crippen molar-refractivity contribution in [3.05, 3.63) is 47.7 Å². The highest BCUT2D eigenvalue weighted by atomic mass is 35.5. The first-order chi connectivity index (χ1) is 13.7. The van der Waals surface area contributed by atoms with Crippen LogP contribution in [0.5, 0.6) is 17.2 Å². The number of para-hydroxylation sites is 1. The molecule has 1 aliphatic heterocycles. The van der Waals surface area contributed by atoms with E-state index in [9.17, 15) is 0 Å². The molecule has 0 N–H and O–H groups in total. The Balaban J connectivity index is 1.49. The normalized spacial score (nSPS) is 14.9. The first kappa shape index (κ1) is 18.6. The van der Waals surface area contributed by atoms with Crippen molar-refractivity contribution < 1.29 is 14.2 Å². The maximum absolute atomic E-state index is 6.26. The summed E-state index contributed by atoms with van der Waals surface area (Å²) < 4.78 is 17.1. The number of nitrogens with zero attached hydrogens (tertiary/aromatic N) is 3. The van der Waals surface area contributed by atoms with Crippen LogP contribution in [0.15, 0.2) is 42.7 Å². The average molecular weight is 400 g/mol. The Labute approximate surface area is 169 Å². The highest BCUT2D eigenvalue weighted by Gasteiger charge is 2.25. The minimum absolute atomic E-state index is 0.0870. The van der Waals surface area contributed by atoms with Gasteiger partial charge in [0.05, 0.1) is 19.7 Å². The number of fused-ring (bicyclic) bond motifs is 1. The van der Waals surface area contributed by atoms with Crippen molar-refractivity contribution in [1.29, 1.82) is 0 Å². The average Bonchev–Trinajstić information content (AvgIpc) is 2.74. The van der Waals surface area contributed by atoms with Gasteiger partial charge in [0.2, 0.25) is 5.75 Å². The summed E-state index contributed by atoms with van der Waals surface area (Å²) in [6, 6.07) is 11.4. The topological polar surface area (TPSA) is 56.7 Å². The Morgan fingerprint density at radius 2 is 1.71 bits per heavy atom. The van der Waals surface area contributed by atoms with Gasteiger partial charge in [-0.2, -0.15) is 0 Å². The summed E-state index contributed by atoms with van der Waals surface area (Å²) in [6.45, 7) is 1.69. The zero-order chi connectivity index (χ0) is 19.5. The zero-order valence-corrected chi connectivity index (χ0v) is 16.6. The van der Waals surface area contributed by atoms with E-state index in [0.29, 0.717) is 22.3 Å². The van der Waals surface area contributed by atoms with E-state index in [1.165, 1.54) is 0 Å². The Morgan fingerprint density at radius 1 is 1.00 bits per heavy atom. The molecule has 0 atom stereocenters. The van der Waals surface area contributed by atoms with E-state index in [2.05, 4.69) is 14.9 Å². The summed E-state index contributed by atoms with van der Waals surface area (Å²) in [5, 5.41) is 1.69. The molecule has 0 spiro atoms. The minimum atomic E-state index is 0.0870. The van der Waals surface area contributed by atoms with Crippen LogP contribution in [0.4, 0.5) is 5.82 Å². The molecule has 0 saturated carbocycles. The van der Waals surface area contributed by atoms with Crippen LogP contribution >= 0.6 is 11.6 Å². The Kier molecular flexibility index (Phi) is 5.39. The van der Waals surface area contributed by atoms with E-state index in [-0.39, 0.29) is 6.10 Å². The Hall–Kier alpha value is -2.73. The highest BCUT2D eigenvalue weighted by molar-refractivity contribution is 6.31. The van der Waals surface area contributed by atoms with Gasteiger partial charge in [0.25, 0.3) is 0 Å². The largest absolute Gasteiger partial charge is 0.493 e.